The molecule has 1 heterocycles. The molecule has 0 aromatic heterocycles. The van der Waals surface area contributed by atoms with Gasteiger partial charge in [-0.15, -0.1) is 0 Å². The lowest BCUT2D eigenvalue weighted by Crippen LogP contribution is -2.45. The Kier molecular flexibility index (Phi) is 5.79. The van der Waals surface area contributed by atoms with E-state index in [0.717, 1.165) is 5.56 Å². The van der Waals surface area contributed by atoms with Crippen molar-refractivity contribution in [1.29, 1.82) is 0 Å². The van der Waals surface area contributed by atoms with E-state index in [1.807, 2.05) is 55.5 Å². The number of carbonyl (C=O) groups excluding carboxylic acids is 2. The van der Waals surface area contributed by atoms with Gasteiger partial charge in [-0.1, -0.05) is 44.2 Å². The number of anilines is 1. The molecule has 0 unspecified atom stereocenters. The third kappa shape index (κ3) is 4.13. The van der Waals surface area contributed by atoms with E-state index in [2.05, 4.69) is 19.2 Å². The number of ether oxygens (including phenoxy) is 1. The van der Waals surface area contributed by atoms with E-state index in [0.29, 0.717) is 36.6 Å². The van der Waals surface area contributed by atoms with Crippen LogP contribution in [0.4, 0.5) is 5.69 Å². The van der Waals surface area contributed by atoms with Gasteiger partial charge in [0.1, 0.15) is 11.8 Å². The number of hydrogen-bond acceptors (Lipinski definition) is 3. The van der Waals surface area contributed by atoms with Crippen LogP contribution in [0.3, 0.4) is 0 Å². The Morgan fingerprint density at radius 1 is 1.15 bits per heavy atom. The molecule has 0 radical (unpaired) electrons. The first-order valence-corrected chi connectivity index (χ1v) is 9.42. The molecule has 0 saturated carbocycles. The lowest BCUT2D eigenvalue weighted by atomic mass is 10.0. The van der Waals surface area contributed by atoms with E-state index in [1.54, 1.807) is 4.90 Å². The summed E-state index contributed by atoms with van der Waals surface area (Å²) in [5, 5.41) is 2.97. The van der Waals surface area contributed by atoms with Crippen LogP contribution in [0.15, 0.2) is 48.5 Å². The number of rotatable bonds is 7. The zero-order valence-corrected chi connectivity index (χ0v) is 16.1. The van der Waals surface area contributed by atoms with Gasteiger partial charge in [0.15, 0.2) is 0 Å². The third-order valence-electron chi connectivity index (χ3n) is 4.67. The molecule has 3 rings (SSSR count). The van der Waals surface area contributed by atoms with Crippen molar-refractivity contribution >= 4 is 17.5 Å². The molecule has 1 N–H and O–H groups in total. The molecule has 0 aliphatic carbocycles. The van der Waals surface area contributed by atoms with Crippen LogP contribution in [-0.4, -0.2) is 29.4 Å². The molecule has 0 spiro atoms. The highest BCUT2D eigenvalue weighted by Crippen LogP contribution is 2.29. The molecular formula is C22H26N2O3. The number of carbonyl (C=O) groups is 2. The predicted octanol–water partition coefficient (Wildman–Crippen LogP) is 4.09. The Hall–Kier alpha value is -2.82. The second kappa shape index (κ2) is 8.25. The minimum atomic E-state index is -0.528. The highest BCUT2D eigenvalue weighted by atomic mass is 16.5. The zero-order chi connectivity index (χ0) is 19.4. The van der Waals surface area contributed by atoms with Crippen LogP contribution >= 0.6 is 0 Å². The van der Waals surface area contributed by atoms with E-state index in [9.17, 15) is 9.59 Å². The molecule has 142 valence electrons. The van der Waals surface area contributed by atoms with Crippen molar-refractivity contribution in [2.75, 3.05) is 11.9 Å². The molecular weight excluding hydrogens is 340 g/mol. The smallest absolute Gasteiger partial charge is 0.255 e. The lowest BCUT2D eigenvalue weighted by Gasteiger charge is -2.28. The summed E-state index contributed by atoms with van der Waals surface area (Å²) in [5.74, 6) is 0.647. The summed E-state index contributed by atoms with van der Waals surface area (Å²) < 4.78 is 5.60. The number of amides is 2. The average Bonchev–Trinajstić information content (AvgIpc) is 2.98. The molecule has 1 aliphatic rings. The van der Waals surface area contributed by atoms with Crippen molar-refractivity contribution in [2.45, 2.75) is 39.8 Å². The fraction of sp³-hybridized carbons (Fsp3) is 0.364. The molecule has 5 heteroatoms. The van der Waals surface area contributed by atoms with Crippen LogP contribution in [-0.2, 0) is 11.3 Å². The van der Waals surface area contributed by atoms with Crippen molar-refractivity contribution in [2.24, 2.45) is 5.92 Å². The topological polar surface area (TPSA) is 58.6 Å². The fourth-order valence-electron chi connectivity index (χ4n) is 3.42. The number of hydrogen-bond donors (Lipinski definition) is 1. The minimum Gasteiger partial charge on any atom is -0.492 e. The predicted molar refractivity (Wildman–Crippen MR) is 106 cm³/mol. The summed E-state index contributed by atoms with van der Waals surface area (Å²) in [6.07, 6.45) is 0.600. The summed E-state index contributed by atoms with van der Waals surface area (Å²) in [4.78, 5) is 27.7. The van der Waals surface area contributed by atoms with Gasteiger partial charge < -0.3 is 15.0 Å². The van der Waals surface area contributed by atoms with Crippen LogP contribution in [0.5, 0.6) is 5.75 Å². The Morgan fingerprint density at radius 2 is 1.85 bits per heavy atom. The van der Waals surface area contributed by atoms with Crippen molar-refractivity contribution < 1.29 is 14.3 Å². The highest BCUT2D eigenvalue weighted by molar-refractivity contribution is 6.03. The Labute approximate surface area is 160 Å². The zero-order valence-electron chi connectivity index (χ0n) is 16.1. The van der Waals surface area contributed by atoms with Gasteiger partial charge in [0, 0.05) is 12.1 Å². The monoisotopic (exact) mass is 366 g/mol. The summed E-state index contributed by atoms with van der Waals surface area (Å²) in [6.45, 7) is 7.00. The Bertz CT molecular complexity index is 832. The number of para-hydroxylation sites is 2. The van der Waals surface area contributed by atoms with Gasteiger partial charge in [0.05, 0.1) is 12.3 Å². The first-order valence-electron chi connectivity index (χ1n) is 9.42. The van der Waals surface area contributed by atoms with E-state index < -0.39 is 6.04 Å². The Balaban J connectivity index is 1.84. The normalized spacial score (nSPS) is 14.2. The third-order valence-corrected chi connectivity index (χ3v) is 4.67. The molecule has 2 aromatic carbocycles. The van der Waals surface area contributed by atoms with E-state index in [4.69, 9.17) is 4.74 Å². The van der Waals surface area contributed by atoms with Crippen LogP contribution in [0.1, 0.15) is 43.1 Å². The van der Waals surface area contributed by atoms with Gasteiger partial charge in [-0.25, -0.2) is 0 Å². The van der Waals surface area contributed by atoms with Crippen molar-refractivity contribution in [3.63, 3.8) is 0 Å². The van der Waals surface area contributed by atoms with Crippen LogP contribution in [0, 0.1) is 5.92 Å². The molecule has 27 heavy (non-hydrogen) atoms. The number of nitrogens with zero attached hydrogens (tertiary/aromatic N) is 1. The quantitative estimate of drug-likeness (QED) is 0.803. The highest BCUT2D eigenvalue weighted by Gasteiger charge is 2.36. The van der Waals surface area contributed by atoms with Crippen LogP contribution in [0.2, 0.25) is 0 Å². The second-order valence-electron chi connectivity index (χ2n) is 7.15. The minimum absolute atomic E-state index is 0.0792. The molecule has 5 nitrogen and oxygen atoms in total. The van der Waals surface area contributed by atoms with E-state index in [-0.39, 0.29) is 17.7 Å². The molecule has 0 fully saturated rings. The first kappa shape index (κ1) is 19.0. The van der Waals surface area contributed by atoms with Crippen LogP contribution < -0.4 is 10.1 Å². The maximum Gasteiger partial charge on any atom is 0.255 e. The summed E-state index contributed by atoms with van der Waals surface area (Å²) in [7, 11) is 0. The molecule has 2 amide bonds. The number of nitrogens with one attached hydrogen (secondary N) is 1. The fourth-order valence-corrected chi connectivity index (χ4v) is 3.42. The Morgan fingerprint density at radius 3 is 2.56 bits per heavy atom. The maximum atomic E-state index is 13.1. The second-order valence-corrected chi connectivity index (χ2v) is 7.15. The maximum absolute atomic E-state index is 13.1. The average molecular weight is 366 g/mol. The lowest BCUT2D eigenvalue weighted by molar-refractivity contribution is -0.121. The molecule has 1 aliphatic heterocycles. The van der Waals surface area contributed by atoms with E-state index in [1.165, 1.54) is 0 Å². The van der Waals surface area contributed by atoms with Gasteiger partial charge in [-0.2, -0.15) is 0 Å². The number of benzene rings is 2. The largest absolute Gasteiger partial charge is 0.492 e. The SMILES string of the molecule is CCOc1ccccc1NC(=O)[C@@H](CC(C)C)N1Cc2ccccc2C1=O. The van der Waals surface area contributed by atoms with Crippen molar-refractivity contribution in [1.82, 2.24) is 4.90 Å². The molecule has 2 aromatic rings. The van der Waals surface area contributed by atoms with Gasteiger partial charge in [-0.05, 0) is 43.0 Å². The first-order chi connectivity index (χ1) is 13.0. The summed E-state index contributed by atoms with van der Waals surface area (Å²) >= 11 is 0. The van der Waals surface area contributed by atoms with E-state index >= 15 is 0 Å². The van der Waals surface area contributed by atoms with Gasteiger partial charge in [0.2, 0.25) is 5.91 Å². The van der Waals surface area contributed by atoms with Crippen molar-refractivity contribution in [3.8, 4) is 5.75 Å². The van der Waals surface area contributed by atoms with Gasteiger partial charge in [-0.3, -0.25) is 9.59 Å². The number of fused-ring (bicyclic) bond motifs is 1. The van der Waals surface area contributed by atoms with Crippen molar-refractivity contribution in [3.05, 3.63) is 59.7 Å². The molecule has 0 saturated heterocycles. The molecule has 0 bridgehead atoms. The standard InChI is InChI=1S/C22H26N2O3/c1-4-27-20-12-8-7-11-18(20)23-21(25)19(13-15(2)3)24-14-16-9-5-6-10-17(16)22(24)26/h5-12,15,19H,4,13-14H2,1-3H3,(H,23,25)/t19-/m1/s1. The molecule has 1 atom stereocenters. The summed E-state index contributed by atoms with van der Waals surface area (Å²) in [6, 6.07) is 14.4. The van der Waals surface area contributed by atoms with Gasteiger partial charge >= 0.3 is 0 Å². The van der Waals surface area contributed by atoms with Crippen LogP contribution in [0.25, 0.3) is 0 Å². The summed E-state index contributed by atoms with van der Waals surface area (Å²) in [5.41, 5.74) is 2.29. The van der Waals surface area contributed by atoms with Gasteiger partial charge in [0.25, 0.3) is 5.91 Å².